The number of thiazole rings is 1. The van der Waals surface area contributed by atoms with E-state index < -0.39 is 18.0 Å². The number of aromatic nitrogens is 2. The summed E-state index contributed by atoms with van der Waals surface area (Å²) in [4.78, 5) is 44.7. The van der Waals surface area contributed by atoms with Crippen molar-refractivity contribution in [2.24, 2.45) is 4.99 Å². The van der Waals surface area contributed by atoms with Gasteiger partial charge >= 0.3 is 11.9 Å². The highest BCUT2D eigenvalue weighted by Gasteiger charge is 2.34. The number of methoxy groups -OCH3 is 1. The van der Waals surface area contributed by atoms with Crippen molar-refractivity contribution < 1.29 is 37.7 Å². The minimum absolute atomic E-state index is 0.112. The Kier molecular flexibility index (Phi) is 11.5. The molecule has 54 heavy (non-hydrogen) atoms. The summed E-state index contributed by atoms with van der Waals surface area (Å²) in [7, 11) is 1.27. The largest absolute Gasteiger partial charge is 0.490 e. The van der Waals surface area contributed by atoms with Crippen molar-refractivity contribution in [1.82, 2.24) is 9.13 Å². The highest BCUT2D eigenvalue weighted by Crippen LogP contribution is 2.36. The number of aryl methyl sites for hydroxylation is 1. The lowest BCUT2D eigenvalue weighted by molar-refractivity contribution is -0.143. The molecule has 2 aromatic heterocycles. The smallest absolute Gasteiger partial charge is 0.343 e. The number of esters is 2. The van der Waals surface area contributed by atoms with Crippen LogP contribution in [0.5, 0.6) is 17.2 Å². The number of nitrogens with zero attached hydrogens (tertiary/aromatic N) is 3. The van der Waals surface area contributed by atoms with Gasteiger partial charge in [0.2, 0.25) is 0 Å². The quantitative estimate of drug-likeness (QED) is 0.137. The van der Waals surface area contributed by atoms with Gasteiger partial charge < -0.3 is 28.3 Å². The molecule has 1 atom stereocenters. The minimum Gasteiger partial charge on any atom is -0.490 e. The summed E-state index contributed by atoms with van der Waals surface area (Å²) >= 11 is 1.23. The maximum absolute atomic E-state index is 14.4. The third-order valence-corrected chi connectivity index (χ3v) is 9.86. The van der Waals surface area contributed by atoms with Gasteiger partial charge in [0.25, 0.3) is 5.56 Å². The number of carbonyl (C=O) groups is 2. The lowest BCUT2D eigenvalue weighted by atomic mass is 9.95. The lowest BCUT2D eigenvalue weighted by Crippen LogP contribution is -2.40. The second kappa shape index (κ2) is 16.4. The fraction of sp³-hybridized carbons (Fsp3) is 0.268. The Morgan fingerprint density at radius 3 is 2.39 bits per heavy atom. The number of fused-ring (bicyclic) bond motifs is 1. The molecule has 0 saturated carbocycles. The van der Waals surface area contributed by atoms with Gasteiger partial charge in [-0.05, 0) is 100 Å². The Balaban J connectivity index is 1.37. The highest BCUT2D eigenvalue weighted by atomic mass is 32.1. The normalized spacial score (nSPS) is 14.0. The van der Waals surface area contributed by atoms with Crippen LogP contribution in [0.3, 0.4) is 0 Å². The van der Waals surface area contributed by atoms with Gasteiger partial charge in [-0.1, -0.05) is 35.6 Å². The Bertz CT molecular complexity index is 2430. The van der Waals surface area contributed by atoms with Crippen molar-refractivity contribution in [2.45, 2.75) is 47.3 Å². The highest BCUT2D eigenvalue weighted by molar-refractivity contribution is 7.07. The number of ether oxygens (including phenoxy) is 5. The molecule has 6 rings (SSSR count). The number of hydrogen-bond donors (Lipinski definition) is 0. The molecule has 3 aromatic carbocycles. The monoisotopic (exact) mass is 753 g/mol. The molecule has 5 aromatic rings. The molecular weight excluding hydrogens is 714 g/mol. The summed E-state index contributed by atoms with van der Waals surface area (Å²) < 4.78 is 45.6. The van der Waals surface area contributed by atoms with Crippen molar-refractivity contribution in [3.63, 3.8) is 0 Å². The average Bonchev–Trinajstić information content (AvgIpc) is 3.62. The lowest BCUT2D eigenvalue weighted by Gasteiger charge is -2.25. The number of hydrogen-bond acceptors (Lipinski definition) is 10. The number of rotatable bonds is 13. The summed E-state index contributed by atoms with van der Waals surface area (Å²) in [6.07, 6.45) is 1.84. The maximum atomic E-state index is 14.4. The first kappa shape index (κ1) is 37.8. The van der Waals surface area contributed by atoms with Gasteiger partial charge in [-0.3, -0.25) is 9.36 Å². The second-order valence-corrected chi connectivity index (χ2v) is 13.4. The molecular formula is C41H40FN3O8S. The van der Waals surface area contributed by atoms with Crippen molar-refractivity contribution in [1.29, 1.82) is 0 Å². The number of halogens is 1. The van der Waals surface area contributed by atoms with Gasteiger partial charge in [-0.25, -0.2) is 19.0 Å². The first-order valence-corrected chi connectivity index (χ1v) is 18.2. The molecule has 280 valence electrons. The summed E-state index contributed by atoms with van der Waals surface area (Å²) in [5, 5.41) is 0. The predicted octanol–water partition coefficient (Wildman–Crippen LogP) is 5.87. The van der Waals surface area contributed by atoms with Crippen LogP contribution in [0.4, 0.5) is 4.39 Å². The van der Waals surface area contributed by atoms with Gasteiger partial charge in [0.15, 0.2) is 22.9 Å². The van der Waals surface area contributed by atoms with E-state index in [0.29, 0.717) is 50.0 Å². The molecule has 3 heterocycles. The summed E-state index contributed by atoms with van der Waals surface area (Å²) in [5.41, 5.74) is 4.93. The summed E-state index contributed by atoms with van der Waals surface area (Å²) in [6.45, 7) is 9.43. The van der Waals surface area contributed by atoms with Crippen molar-refractivity contribution >= 4 is 29.4 Å². The molecule has 1 aliphatic rings. The third-order valence-electron chi connectivity index (χ3n) is 8.88. The second-order valence-electron chi connectivity index (χ2n) is 12.3. The Morgan fingerprint density at radius 1 is 0.926 bits per heavy atom. The zero-order valence-corrected chi connectivity index (χ0v) is 31.6. The topological polar surface area (TPSA) is 120 Å². The first-order chi connectivity index (χ1) is 26.0. The molecule has 0 spiro atoms. The number of carbonyl (C=O) groups excluding carboxylic acids is 2. The van der Waals surface area contributed by atoms with E-state index in [0.717, 1.165) is 22.6 Å². The SMILES string of the molecule is CCOC(=O)C1=C(C)N=c2s/c(=C/c3cc(C)n(-c4ccc(OCc5ccccc5F)cc4)c3C)c(=O)n2[C@H]1c1ccc(OCC(=O)OC)c(OCC)c1. The Labute approximate surface area is 315 Å². The van der Waals surface area contributed by atoms with Gasteiger partial charge in [-0.2, -0.15) is 0 Å². The summed E-state index contributed by atoms with van der Waals surface area (Å²) in [5.74, 6) is -0.221. The number of benzene rings is 3. The zero-order valence-electron chi connectivity index (χ0n) is 30.8. The van der Waals surface area contributed by atoms with Gasteiger partial charge in [-0.15, -0.1) is 0 Å². The summed E-state index contributed by atoms with van der Waals surface area (Å²) in [6, 6.07) is 20.2. The van der Waals surface area contributed by atoms with Gasteiger partial charge in [0.1, 0.15) is 18.2 Å². The van der Waals surface area contributed by atoms with Crippen LogP contribution in [0.25, 0.3) is 11.8 Å². The molecule has 0 saturated heterocycles. The van der Waals surface area contributed by atoms with E-state index in [4.69, 9.17) is 28.7 Å². The van der Waals surface area contributed by atoms with Gasteiger partial charge in [0, 0.05) is 22.6 Å². The third kappa shape index (κ3) is 7.72. The van der Waals surface area contributed by atoms with E-state index in [2.05, 4.69) is 4.57 Å². The standard InChI is InChI=1S/C41H40FN3O8S/c1-7-50-34-20-27(13-18-33(34)53-23-36(46)49-6)38-37(40(48)51-8-2)25(4)43-41-45(38)39(47)35(54-41)21-29-19-24(3)44(26(29)5)30-14-16-31(17-15-30)52-22-28-11-9-10-12-32(28)42/h9-21,38H,7-8,22-23H2,1-6H3/b35-21+/t38-/m0/s1. The fourth-order valence-electron chi connectivity index (χ4n) is 6.33. The fourth-order valence-corrected chi connectivity index (χ4v) is 7.36. The van der Waals surface area contributed by atoms with Crippen LogP contribution in [0.2, 0.25) is 0 Å². The molecule has 0 amide bonds. The molecule has 0 N–H and O–H groups in total. The maximum Gasteiger partial charge on any atom is 0.343 e. The molecule has 0 radical (unpaired) electrons. The van der Waals surface area contributed by atoms with Crippen LogP contribution in [0.15, 0.2) is 93.9 Å². The van der Waals surface area contributed by atoms with Crippen LogP contribution in [0, 0.1) is 19.7 Å². The number of allylic oxidation sites excluding steroid dienone is 1. The van der Waals surface area contributed by atoms with Gasteiger partial charge in [0.05, 0.1) is 42.2 Å². The first-order valence-electron chi connectivity index (χ1n) is 17.4. The molecule has 0 bridgehead atoms. The minimum atomic E-state index is -0.886. The Hall–Kier alpha value is -5.95. The molecule has 13 heteroatoms. The van der Waals surface area contributed by atoms with Crippen molar-refractivity contribution in [3.05, 3.63) is 138 Å². The van der Waals surface area contributed by atoms with Crippen LogP contribution in [0.1, 0.15) is 54.9 Å². The van der Waals surface area contributed by atoms with Crippen molar-refractivity contribution in [3.8, 4) is 22.9 Å². The van der Waals surface area contributed by atoms with E-state index in [1.165, 1.54) is 29.1 Å². The van der Waals surface area contributed by atoms with E-state index >= 15 is 0 Å². The van der Waals surface area contributed by atoms with E-state index in [1.54, 1.807) is 50.2 Å². The van der Waals surface area contributed by atoms with Crippen molar-refractivity contribution in [2.75, 3.05) is 26.9 Å². The molecule has 11 nitrogen and oxygen atoms in total. The van der Waals surface area contributed by atoms with Crippen LogP contribution in [-0.4, -0.2) is 48.0 Å². The molecule has 0 aliphatic carbocycles. The molecule has 0 fully saturated rings. The molecule has 1 aliphatic heterocycles. The van der Waals surface area contributed by atoms with E-state index in [9.17, 15) is 18.8 Å². The van der Waals surface area contributed by atoms with Crippen LogP contribution >= 0.6 is 11.3 Å². The molecule has 0 unspecified atom stereocenters. The average molecular weight is 754 g/mol. The van der Waals surface area contributed by atoms with E-state index in [-0.39, 0.29) is 36.8 Å². The zero-order chi connectivity index (χ0) is 38.5. The van der Waals surface area contributed by atoms with Crippen LogP contribution < -0.4 is 29.1 Å². The van der Waals surface area contributed by atoms with E-state index in [1.807, 2.05) is 57.2 Å². The van der Waals surface area contributed by atoms with Crippen LogP contribution in [-0.2, 0) is 25.7 Å². The Morgan fingerprint density at radius 2 is 1.69 bits per heavy atom. The predicted molar refractivity (Wildman–Crippen MR) is 201 cm³/mol.